The van der Waals surface area contributed by atoms with Crippen molar-refractivity contribution in [3.05, 3.63) is 51.8 Å². The molecule has 0 aromatic heterocycles. The van der Waals surface area contributed by atoms with Gasteiger partial charge in [-0.2, -0.15) is 4.39 Å². The van der Waals surface area contributed by atoms with Crippen molar-refractivity contribution in [2.75, 3.05) is 6.54 Å². The Hall–Kier alpha value is -2.24. The molecular weight excluding hydrogens is 239 g/mol. The normalized spacial score (nSPS) is 10.6. The number of rotatable bonds is 5. The Balaban J connectivity index is 2.69. The summed E-state index contributed by atoms with van der Waals surface area (Å²) < 4.78 is 13.3. The molecule has 1 rings (SSSR count). The highest BCUT2D eigenvalue weighted by atomic mass is 19.1. The molecule has 0 radical (unpaired) electrons. The van der Waals surface area contributed by atoms with Gasteiger partial charge in [-0.1, -0.05) is 12.2 Å². The van der Waals surface area contributed by atoms with Gasteiger partial charge in [0.25, 0.3) is 5.91 Å². The number of hydrogen-bond acceptors (Lipinski definition) is 3. The molecule has 18 heavy (non-hydrogen) atoms. The van der Waals surface area contributed by atoms with Gasteiger partial charge in [-0.3, -0.25) is 14.9 Å². The summed E-state index contributed by atoms with van der Waals surface area (Å²) in [6.45, 7) is 2.30. The lowest BCUT2D eigenvalue weighted by atomic mass is 10.2. The van der Waals surface area contributed by atoms with Gasteiger partial charge in [0.05, 0.1) is 4.92 Å². The largest absolute Gasteiger partial charge is 0.352 e. The predicted molar refractivity (Wildman–Crippen MR) is 64.8 cm³/mol. The van der Waals surface area contributed by atoms with Crippen molar-refractivity contribution in [3.63, 3.8) is 0 Å². The molecule has 0 saturated heterocycles. The lowest BCUT2D eigenvalue weighted by Crippen LogP contribution is -2.24. The molecular formula is C12H13FN2O3. The lowest BCUT2D eigenvalue weighted by Gasteiger charge is -2.03. The Kier molecular flexibility index (Phi) is 4.98. The number of carbonyl (C=O) groups excluding carboxylic acids is 1. The van der Waals surface area contributed by atoms with Crippen molar-refractivity contribution in [2.24, 2.45) is 0 Å². The first-order chi connectivity index (χ1) is 8.56. The molecule has 0 atom stereocenters. The predicted octanol–water partition coefficient (Wildman–Crippen LogP) is 2.43. The summed E-state index contributed by atoms with van der Waals surface area (Å²) in [5, 5.41) is 13.0. The van der Waals surface area contributed by atoms with Crippen molar-refractivity contribution >= 4 is 11.6 Å². The SMILES string of the molecule is C/C=C/CCNC(=O)c1ccc([N+](=O)[O-])c(F)c1. The third-order valence-corrected chi connectivity index (χ3v) is 2.24. The first-order valence-corrected chi connectivity index (χ1v) is 5.39. The Labute approximate surface area is 103 Å². The Morgan fingerprint density at radius 3 is 2.83 bits per heavy atom. The molecule has 1 aromatic rings. The molecule has 96 valence electrons. The van der Waals surface area contributed by atoms with Gasteiger partial charge in [0.15, 0.2) is 0 Å². The van der Waals surface area contributed by atoms with Crippen molar-refractivity contribution in [3.8, 4) is 0 Å². The molecule has 0 bridgehead atoms. The summed E-state index contributed by atoms with van der Waals surface area (Å²) >= 11 is 0. The van der Waals surface area contributed by atoms with Gasteiger partial charge in [-0.05, 0) is 25.5 Å². The summed E-state index contributed by atoms with van der Waals surface area (Å²) in [5.74, 6) is -1.46. The van der Waals surface area contributed by atoms with Crippen LogP contribution in [0.1, 0.15) is 23.7 Å². The summed E-state index contributed by atoms with van der Waals surface area (Å²) in [6, 6.07) is 3.07. The number of hydrogen-bond donors (Lipinski definition) is 1. The number of nitro groups is 1. The van der Waals surface area contributed by atoms with Crippen molar-refractivity contribution in [1.29, 1.82) is 0 Å². The van der Waals surface area contributed by atoms with E-state index >= 15 is 0 Å². The Morgan fingerprint density at radius 1 is 1.56 bits per heavy atom. The van der Waals surface area contributed by atoms with E-state index in [-0.39, 0.29) is 5.56 Å². The Bertz CT molecular complexity index is 486. The molecule has 0 aliphatic rings. The van der Waals surface area contributed by atoms with Gasteiger partial charge in [-0.15, -0.1) is 0 Å². The van der Waals surface area contributed by atoms with Gasteiger partial charge in [-0.25, -0.2) is 0 Å². The monoisotopic (exact) mass is 252 g/mol. The minimum absolute atomic E-state index is 0.0681. The molecule has 0 fully saturated rings. The van der Waals surface area contributed by atoms with E-state index in [1.807, 2.05) is 19.1 Å². The van der Waals surface area contributed by atoms with Gasteiger partial charge in [0, 0.05) is 18.2 Å². The zero-order chi connectivity index (χ0) is 13.5. The average Bonchev–Trinajstić information content (AvgIpc) is 2.33. The summed E-state index contributed by atoms with van der Waals surface area (Å²) in [4.78, 5) is 21.1. The fraction of sp³-hybridized carbons (Fsp3) is 0.250. The Morgan fingerprint density at radius 2 is 2.28 bits per heavy atom. The van der Waals surface area contributed by atoms with Gasteiger partial charge < -0.3 is 5.32 Å². The van der Waals surface area contributed by atoms with E-state index in [0.29, 0.717) is 13.0 Å². The number of nitrogens with zero attached hydrogens (tertiary/aromatic N) is 1. The molecule has 1 N–H and O–H groups in total. The molecule has 0 unspecified atom stereocenters. The van der Waals surface area contributed by atoms with Crippen LogP contribution in [0, 0.1) is 15.9 Å². The number of nitrogens with one attached hydrogen (secondary N) is 1. The van der Waals surface area contributed by atoms with E-state index in [1.54, 1.807) is 0 Å². The van der Waals surface area contributed by atoms with E-state index in [2.05, 4.69) is 5.32 Å². The number of nitro benzene ring substituents is 1. The number of carbonyl (C=O) groups is 1. The van der Waals surface area contributed by atoms with Crippen LogP contribution < -0.4 is 5.32 Å². The molecule has 0 spiro atoms. The number of halogens is 1. The van der Waals surface area contributed by atoms with Crippen molar-refractivity contribution in [1.82, 2.24) is 5.32 Å². The fourth-order valence-corrected chi connectivity index (χ4v) is 1.33. The molecule has 5 nitrogen and oxygen atoms in total. The maximum atomic E-state index is 13.3. The van der Waals surface area contributed by atoms with Crippen molar-refractivity contribution in [2.45, 2.75) is 13.3 Å². The third-order valence-electron chi connectivity index (χ3n) is 2.24. The molecule has 6 heteroatoms. The van der Waals surface area contributed by atoms with Crippen LogP contribution in [0.2, 0.25) is 0 Å². The zero-order valence-corrected chi connectivity index (χ0v) is 9.85. The molecule has 0 heterocycles. The number of allylic oxidation sites excluding steroid dienone is 1. The van der Waals surface area contributed by atoms with Crippen LogP contribution in [0.5, 0.6) is 0 Å². The average molecular weight is 252 g/mol. The highest BCUT2D eigenvalue weighted by Crippen LogP contribution is 2.17. The van der Waals surface area contributed by atoms with Crippen LogP contribution >= 0.6 is 0 Å². The summed E-state index contributed by atoms with van der Waals surface area (Å²) in [7, 11) is 0. The first kappa shape index (κ1) is 13.8. The van der Waals surface area contributed by atoms with E-state index in [9.17, 15) is 19.3 Å². The molecule has 0 aliphatic carbocycles. The first-order valence-electron chi connectivity index (χ1n) is 5.39. The van der Waals surface area contributed by atoms with Gasteiger partial charge >= 0.3 is 5.69 Å². The molecule has 0 saturated carbocycles. The minimum atomic E-state index is -1.01. The van der Waals surface area contributed by atoms with E-state index in [0.717, 1.165) is 12.1 Å². The zero-order valence-electron chi connectivity index (χ0n) is 9.85. The second-order valence-electron chi connectivity index (χ2n) is 3.54. The maximum absolute atomic E-state index is 13.3. The number of amides is 1. The summed E-state index contributed by atoms with van der Waals surface area (Å²) in [6.07, 6.45) is 4.42. The van der Waals surface area contributed by atoms with Crippen LogP contribution in [0.4, 0.5) is 10.1 Å². The second kappa shape index (κ2) is 6.48. The highest BCUT2D eigenvalue weighted by Gasteiger charge is 2.16. The number of benzene rings is 1. The highest BCUT2D eigenvalue weighted by molar-refractivity contribution is 5.94. The fourth-order valence-electron chi connectivity index (χ4n) is 1.33. The van der Waals surface area contributed by atoms with Crippen LogP contribution in [0.15, 0.2) is 30.4 Å². The van der Waals surface area contributed by atoms with E-state index in [4.69, 9.17) is 0 Å². The van der Waals surface area contributed by atoms with Crippen LogP contribution in [-0.4, -0.2) is 17.4 Å². The van der Waals surface area contributed by atoms with Crippen LogP contribution in [0.3, 0.4) is 0 Å². The third kappa shape index (κ3) is 3.65. The van der Waals surface area contributed by atoms with Crippen molar-refractivity contribution < 1.29 is 14.1 Å². The van der Waals surface area contributed by atoms with Crippen LogP contribution in [-0.2, 0) is 0 Å². The van der Waals surface area contributed by atoms with E-state index < -0.39 is 22.3 Å². The van der Waals surface area contributed by atoms with E-state index in [1.165, 1.54) is 6.07 Å². The standard InChI is InChI=1S/C12H13FN2O3/c1-2-3-4-7-14-12(16)9-5-6-11(15(17)18)10(13)8-9/h2-3,5-6,8H,4,7H2,1H3,(H,14,16)/b3-2+. The molecule has 1 amide bonds. The van der Waals surface area contributed by atoms with Gasteiger partial charge in [0.1, 0.15) is 0 Å². The minimum Gasteiger partial charge on any atom is -0.352 e. The van der Waals surface area contributed by atoms with Gasteiger partial charge in [0.2, 0.25) is 5.82 Å². The molecule has 1 aromatic carbocycles. The lowest BCUT2D eigenvalue weighted by molar-refractivity contribution is -0.387. The topological polar surface area (TPSA) is 72.2 Å². The van der Waals surface area contributed by atoms with Crippen LogP contribution in [0.25, 0.3) is 0 Å². The smallest absolute Gasteiger partial charge is 0.304 e. The summed E-state index contributed by atoms with van der Waals surface area (Å²) in [5.41, 5.74) is -0.570. The quantitative estimate of drug-likeness (QED) is 0.378. The maximum Gasteiger partial charge on any atom is 0.304 e. The molecule has 0 aliphatic heterocycles. The second-order valence-corrected chi connectivity index (χ2v) is 3.54.